The summed E-state index contributed by atoms with van der Waals surface area (Å²) >= 11 is 0. The highest BCUT2D eigenvalue weighted by Crippen LogP contribution is 2.18. The van der Waals surface area contributed by atoms with Crippen LogP contribution in [0, 0.1) is 11.3 Å². The lowest BCUT2D eigenvalue weighted by Crippen LogP contribution is -1.98. The minimum Gasteiger partial charge on any atom is -0.399 e. The van der Waals surface area contributed by atoms with Gasteiger partial charge in [0, 0.05) is 5.69 Å². The summed E-state index contributed by atoms with van der Waals surface area (Å²) in [5, 5.41) is 9.19. The second-order valence-electron chi connectivity index (χ2n) is 4.62. The van der Waals surface area contributed by atoms with E-state index in [1.807, 2.05) is 0 Å². The summed E-state index contributed by atoms with van der Waals surface area (Å²) in [6, 6.07) is 14.4. The van der Waals surface area contributed by atoms with Crippen molar-refractivity contribution in [3.05, 3.63) is 53.6 Å². The lowest BCUT2D eigenvalue weighted by molar-refractivity contribution is 0.677. The number of nitrogens with two attached hydrogens (primary N) is 1. The Balaban J connectivity index is 1.84. The molecule has 1 unspecified atom stereocenters. The smallest absolute Gasteiger partial charge is 0.197 e. The Bertz CT molecular complexity index is 862. The van der Waals surface area contributed by atoms with E-state index in [1.54, 1.807) is 42.5 Å². The SMILES string of the molecule is N#Cc1ccc(CS(=O)c2nc3ccc(N)cc3[nH]2)cc1. The number of nitrogens with zero attached hydrogens (tertiary/aromatic N) is 2. The van der Waals surface area contributed by atoms with Crippen molar-refractivity contribution >= 4 is 27.5 Å². The molecule has 0 saturated heterocycles. The molecule has 3 N–H and O–H groups in total. The van der Waals surface area contributed by atoms with E-state index in [9.17, 15) is 4.21 Å². The van der Waals surface area contributed by atoms with Gasteiger partial charge in [-0.1, -0.05) is 12.1 Å². The zero-order valence-corrected chi connectivity index (χ0v) is 11.9. The molecule has 1 aromatic heterocycles. The molecule has 0 amide bonds. The number of aromatic amines is 1. The second-order valence-corrected chi connectivity index (χ2v) is 5.98. The number of nitrogens with one attached hydrogen (secondary N) is 1. The lowest BCUT2D eigenvalue weighted by atomic mass is 10.2. The number of benzene rings is 2. The normalized spacial score (nSPS) is 12.1. The van der Waals surface area contributed by atoms with E-state index in [0.29, 0.717) is 22.2 Å². The first kappa shape index (κ1) is 13.3. The van der Waals surface area contributed by atoms with Gasteiger partial charge in [0.1, 0.15) is 0 Å². The van der Waals surface area contributed by atoms with Crippen molar-refractivity contribution in [2.75, 3.05) is 5.73 Å². The topological polar surface area (TPSA) is 95.6 Å². The summed E-state index contributed by atoms with van der Waals surface area (Å²) in [5.74, 6) is 0.348. The molecule has 6 heteroatoms. The van der Waals surface area contributed by atoms with E-state index in [4.69, 9.17) is 11.0 Å². The first-order valence-corrected chi connectivity index (χ1v) is 7.60. The van der Waals surface area contributed by atoms with Crippen LogP contribution >= 0.6 is 0 Å². The molecule has 5 nitrogen and oxygen atoms in total. The monoisotopic (exact) mass is 296 g/mol. The molecule has 0 aliphatic heterocycles. The van der Waals surface area contributed by atoms with Gasteiger partial charge in [0.2, 0.25) is 0 Å². The number of nitrogen functional groups attached to an aromatic ring is 1. The third-order valence-corrected chi connectivity index (χ3v) is 4.30. The van der Waals surface area contributed by atoms with Gasteiger partial charge in [0.15, 0.2) is 5.16 Å². The Hall–Kier alpha value is -2.65. The van der Waals surface area contributed by atoms with E-state index >= 15 is 0 Å². The van der Waals surface area contributed by atoms with Crippen LogP contribution in [0.25, 0.3) is 11.0 Å². The number of aromatic nitrogens is 2. The van der Waals surface area contributed by atoms with Crippen LogP contribution in [-0.4, -0.2) is 14.2 Å². The number of fused-ring (bicyclic) bond motifs is 1. The van der Waals surface area contributed by atoms with Gasteiger partial charge >= 0.3 is 0 Å². The summed E-state index contributed by atoms with van der Waals surface area (Å²) in [5.41, 5.74) is 9.35. The van der Waals surface area contributed by atoms with Gasteiger partial charge in [0.05, 0.1) is 39.2 Å². The zero-order chi connectivity index (χ0) is 14.8. The van der Waals surface area contributed by atoms with Crippen LogP contribution in [0.5, 0.6) is 0 Å². The van der Waals surface area contributed by atoms with E-state index in [-0.39, 0.29) is 0 Å². The van der Waals surface area contributed by atoms with Gasteiger partial charge in [-0.2, -0.15) is 5.26 Å². The minimum atomic E-state index is -1.27. The maximum atomic E-state index is 12.3. The molecule has 104 valence electrons. The van der Waals surface area contributed by atoms with Crippen LogP contribution in [0.3, 0.4) is 0 Å². The third-order valence-electron chi connectivity index (χ3n) is 3.08. The van der Waals surface area contributed by atoms with Gasteiger partial charge in [0.25, 0.3) is 0 Å². The molecule has 0 aliphatic carbocycles. The number of rotatable bonds is 3. The highest BCUT2D eigenvalue weighted by Gasteiger charge is 2.11. The quantitative estimate of drug-likeness (QED) is 0.725. The van der Waals surface area contributed by atoms with Crippen molar-refractivity contribution < 1.29 is 4.21 Å². The van der Waals surface area contributed by atoms with Gasteiger partial charge in [-0.25, -0.2) is 4.98 Å². The maximum Gasteiger partial charge on any atom is 0.197 e. The average Bonchev–Trinajstić information content (AvgIpc) is 2.91. The second kappa shape index (κ2) is 5.38. The molecule has 21 heavy (non-hydrogen) atoms. The van der Waals surface area contributed by atoms with Gasteiger partial charge < -0.3 is 10.7 Å². The number of hydrogen-bond acceptors (Lipinski definition) is 4. The molecular formula is C15H12N4OS. The van der Waals surface area contributed by atoms with E-state index in [2.05, 4.69) is 16.0 Å². The van der Waals surface area contributed by atoms with E-state index in [0.717, 1.165) is 16.6 Å². The molecule has 3 aromatic rings. The fourth-order valence-electron chi connectivity index (χ4n) is 2.01. The van der Waals surface area contributed by atoms with Crippen molar-refractivity contribution in [3.8, 4) is 6.07 Å². The first-order valence-electron chi connectivity index (χ1n) is 6.28. The standard InChI is InChI=1S/C15H12N4OS/c16-8-10-1-3-11(4-2-10)9-21(20)15-18-13-6-5-12(17)7-14(13)19-15/h1-7H,9,17H2,(H,18,19). The van der Waals surface area contributed by atoms with Crippen molar-refractivity contribution in [1.29, 1.82) is 5.26 Å². The molecule has 1 atom stereocenters. The molecule has 0 saturated carbocycles. The number of imidazole rings is 1. The molecule has 0 aliphatic rings. The van der Waals surface area contributed by atoms with Crippen LogP contribution in [-0.2, 0) is 16.6 Å². The van der Waals surface area contributed by atoms with Crippen molar-refractivity contribution in [2.24, 2.45) is 0 Å². The number of hydrogen-bond donors (Lipinski definition) is 2. The predicted octanol–water partition coefficient (Wildman–Crippen LogP) is 2.32. The Morgan fingerprint density at radius 2 is 2.00 bits per heavy atom. The fraction of sp³-hybridized carbons (Fsp3) is 0.0667. The molecule has 0 bridgehead atoms. The van der Waals surface area contributed by atoms with E-state index in [1.165, 1.54) is 0 Å². The average molecular weight is 296 g/mol. The first-order chi connectivity index (χ1) is 10.2. The summed E-state index contributed by atoms with van der Waals surface area (Å²) < 4.78 is 12.3. The van der Waals surface area contributed by atoms with Crippen LogP contribution in [0.15, 0.2) is 47.6 Å². The van der Waals surface area contributed by atoms with Crippen LogP contribution in [0.4, 0.5) is 5.69 Å². The number of nitriles is 1. The van der Waals surface area contributed by atoms with E-state index < -0.39 is 10.8 Å². The molecular weight excluding hydrogens is 284 g/mol. The Labute approximate surface area is 123 Å². The van der Waals surface area contributed by atoms with Crippen molar-refractivity contribution in [2.45, 2.75) is 10.9 Å². The predicted molar refractivity (Wildman–Crippen MR) is 81.8 cm³/mol. The third kappa shape index (κ3) is 2.78. The summed E-state index contributed by atoms with van der Waals surface area (Å²) in [6.45, 7) is 0. The number of H-pyrrole nitrogens is 1. The summed E-state index contributed by atoms with van der Waals surface area (Å²) in [7, 11) is -1.27. The molecule has 0 fully saturated rings. The van der Waals surface area contributed by atoms with Gasteiger partial charge in [-0.3, -0.25) is 4.21 Å². The Kier molecular flexibility index (Phi) is 3.42. The maximum absolute atomic E-state index is 12.3. The largest absolute Gasteiger partial charge is 0.399 e. The zero-order valence-electron chi connectivity index (χ0n) is 11.0. The highest BCUT2D eigenvalue weighted by atomic mass is 32.2. The molecule has 3 rings (SSSR count). The molecule has 0 radical (unpaired) electrons. The molecule has 1 heterocycles. The molecule has 2 aromatic carbocycles. The summed E-state index contributed by atoms with van der Waals surface area (Å²) in [6.07, 6.45) is 0. The minimum absolute atomic E-state index is 0.348. The Morgan fingerprint density at radius 3 is 2.71 bits per heavy atom. The van der Waals surface area contributed by atoms with Crippen molar-refractivity contribution in [1.82, 2.24) is 9.97 Å². The van der Waals surface area contributed by atoms with Gasteiger partial charge in [-0.15, -0.1) is 0 Å². The Morgan fingerprint density at radius 1 is 1.24 bits per heavy atom. The molecule has 0 spiro atoms. The summed E-state index contributed by atoms with van der Waals surface area (Å²) in [4.78, 5) is 7.36. The van der Waals surface area contributed by atoms with Crippen molar-refractivity contribution in [3.63, 3.8) is 0 Å². The lowest BCUT2D eigenvalue weighted by Gasteiger charge is -1.99. The number of anilines is 1. The fourth-order valence-corrected chi connectivity index (χ4v) is 3.06. The van der Waals surface area contributed by atoms with Gasteiger partial charge in [-0.05, 0) is 35.9 Å². The van der Waals surface area contributed by atoms with Crippen LogP contribution in [0.2, 0.25) is 0 Å². The van der Waals surface area contributed by atoms with Crippen LogP contribution in [0.1, 0.15) is 11.1 Å². The van der Waals surface area contributed by atoms with Crippen LogP contribution < -0.4 is 5.73 Å². The highest BCUT2D eigenvalue weighted by molar-refractivity contribution is 7.84.